The summed E-state index contributed by atoms with van der Waals surface area (Å²) in [4.78, 5) is 71.3. The summed E-state index contributed by atoms with van der Waals surface area (Å²) in [6.45, 7) is 0.174. The summed E-state index contributed by atoms with van der Waals surface area (Å²) >= 11 is 0. The van der Waals surface area contributed by atoms with Crippen LogP contribution in [0.1, 0.15) is 36.8 Å². The van der Waals surface area contributed by atoms with Crippen LogP contribution in [-0.4, -0.2) is 85.5 Å². The molecule has 4 atom stereocenters. The number of carbonyl (C=O) groups excluding carboxylic acids is 3. The van der Waals surface area contributed by atoms with E-state index in [0.29, 0.717) is 6.42 Å². The van der Waals surface area contributed by atoms with Gasteiger partial charge in [0.15, 0.2) is 0 Å². The Labute approximate surface area is 258 Å². The quantitative estimate of drug-likeness (QED) is 0.117. The molecule has 0 radical (unpaired) electrons. The highest BCUT2D eigenvalue weighted by Crippen LogP contribution is 2.22. The topological polar surface area (TPSA) is 211 Å². The van der Waals surface area contributed by atoms with Crippen LogP contribution in [0.3, 0.4) is 0 Å². The lowest BCUT2D eigenvalue weighted by Crippen LogP contribution is -2.57. The zero-order chi connectivity index (χ0) is 32.1. The predicted molar refractivity (Wildman–Crippen MR) is 165 cm³/mol. The third-order valence-electron chi connectivity index (χ3n) is 8.27. The van der Waals surface area contributed by atoms with Crippen LogP contribution in [0.25, 0.3) is 21.8 Å². The zero-order valence-corrected chi connectivity index (χ0v) is 24.5. The minimum atomic E-state index is -1.31. The molecule has 0 bridgehead atoms. The van der Waals surface area contributed by atoms with Gasteiger partial charge in [-0.25, -0.2) is 4.79 Å². The van der Waals surface area contributed by atoms with Crippen LogP contribution in [-0.2, 0) is 36.8 Å². The average Bonchev–Trinajstić information content (AvgIpc) is 3.77. The first-order chi connectivity index (χ1) is 21.6. The molecular weight excluding hydrogens is 580 g/mol. The largest absolute Gasteiger partial charge is 0.481 e. The Bertz CT molecular complexity index is 1730. The van der Waals surface area contributed by atoms with E-state index in [9.17, 15) is 34.2 Å². The molecule has 3 heterocycles. The lowest BCUT2D eigenvalue weighted by Gasteiger charge is -2.29. The molecule has 1 fully saturated rings. The van der Waals surface area contributed by atoms with Gasteiger partial charge in [0.1, 0.15) is 18.1 Å². The molecule has 4 aromatic rings. The van der Waals surface area contributed by atoms with Crippen molar-refractivity contribution in [2.75, 3.05) is 6.54 Å². The highest BCUT2D eigenvalue weighted by molar-refractivity contribution is 5.95. The van der Waals surface area contributed by atoms with E-state index in [0.717, 1.165) is 32.9 Å². The Morgan fingerprint density at radius 2 is 1.42 bits per heavy atom. The van der Waals surface area contributed by atoms with Crippen molar-refractivity contribution >= 4 is 51.5 Å². The van der Waals surface area contributed by atoms with Gasteiger partial charge in [-0.2, -0.15) is 0 Å². The van der Waals surface area contributed by atoms with Gasteiger partial charge in [0.25, 0.3) is 0 Å². The predicted octanol–water partition coefficient (Wildman–Crippen LogP) is 1.67. The van der Waals surface area contributed by atoms with E-state index in [4.69, 9.17) is 5.73 Å². The SMILES string of the molecule is NC(Cc1c[nH]c2ccccc12)C(=O)NC(Cc1c[nH]c2ccccc12)C(=O)NC(CCC(=O)O)C(=O)N1CCCC1C(=O)O. The Morgan fingerprint density at radius 3 is 2.02 bits per heavy atom. The van der Waals surface area contributed by atoms with Crippen LogP contribution in [0.5, 0.6) is 0 Å². The number of hydrogen-bond acceptors (Lipinski definition) is 6. The molecule has 13 heteroatoms. The number of nitrogens with one attached hydrogen (secondary N) is 4. The molecule has 1 aliphatic heterocycles. The van der Waals surface area contributed by atoms with Crippen molar-refractivity contribution in [3.63, 3.8) is 0 Å². The lowest BCUT2D eigenvalue weighted by atomic mass is 10.0. The Balaban J connectivity index is 1.37. The normalized spacial score (nSPS) is 16.7. The van der Waals surface area contributed by atoms with E-state index in [1.165, 1.54) is 4.90 Å². The number of fused-ring (bicyclic) bond motifs is 2. The molecule has 4 unspecified atom stereocenters. The first kappa shape index (κ1) is 31.3. The standard InChI is InChI=1S/C32H36N6O7/c33-22(14-18-16-34-23-8-3-1-6-20(18)23)29(41)37-26(15-19-17-35-24-9-4-2-7-21(19)24)30(42)36-25(11-12-28(39)40)31(43)38-13-5-10-27(38)32(44)45/h1-4,6-9,16-17,22,25-27,34-35H,5,10-15,33H2,(H,36,42)(H,37,41)(H,39,40)(H,44,45). The van der Waals surface area contributed by atoms with Gasteiger partial charge in [0.05, 0.1) is 6.04 Å². The molecule has 45 heavy (non-hydrogen) atoms. The first-order valence-corrected chi connectivity index (χ1v) is 14.8. The summed E-state index contributed by atoms with van der Waals surface area (Å²) in [5.74, 6) is -4.33. The summed E-state index contributed by atoms with van der Waals surface area (Å²) in [5.41, 5.74) is 9.62. The first-order valence-electron chi connectivity index (χ1n) is 14.8. The number of aromatic amines is 2. The van der Waals surface area contributed by atoms with E-state index in [1.807, 2.05) is 48.5 Å². The molecule has 3 amide bonds. The number of para-hydroxylation sites is 2. The zero-order valence-electron chi connectivity index (χ0n) is 24.5. The van der Waals surface area contributed by atoms with E-state index in [-0.39, 0.29) is 32.2 Å². The molecular formula is C32H36N6O7. The van der Waals surface area contributed by atoms with Crippen molar-refractivity contribution in [1.82, 2.24) is 25.5 Å². The number of carbonyl (C=O) groups is 5. The maximum atomic E-state index is 13.8. The second kappa shape index (κ2) is 13.6. The van der Waals surface area contributed by atoms with Gasteiger partial charge in [0.2, 0.25) is 17.7 Å². The molecule has 2 aromatic carbocycles. The number of aliphatic carboxylic acids is 2. The molecule has 0 aliphatic carbocycles. The van der Waals surface area contributed by atoms with Gasteiger partial charge in [-0.3, -0.25) is 19.2 Å². The molecule has 1 aliphatic rings. The number of aromatic nitrogens is 2. The number of likely N-dealkylation sites (tertiary alicyclic amines) is 1. The molecule has 5 rings (SSSR count). The summed E-state index contributed by atoms with van der Waals surface area (Å²) in [6, 6.07) is 10.5. The second-order valence-corrected chi connectivity index (χ2v) is 11.3. The third kappa shape index (κ3) is 7.15. The van der Waals surface area contributed by atoms with Crippen molar-refractivity contribution in [2.24, 2.45) is 5.73 Å². The summed E-state index contributed by atoms with van der Waals surface area (Å²) in [7, 11) is 0. The number of nitrogens with two attached hydrogens (primary N) is 1. The minimum Gasteiger partial charge on any atom is -0.481 e. The van der Waals surface area contributed by atoms with Gasteiger partial charge in [-0.05, 0) is 48.9 Å². The Morgan fingerprint density at radius 1 is 0.844 bits per heavy atom. The van der Waals surface area contributed by atoms with Crippen molar-refractivity contribution in [3.8, 4) is 0 Å². The number of amides is 3. The van der Waals surface area contributed by atoms with Crippen LogP contribution < -0.4 is 16.4 Å². The number of nitrogens with zero attached hydrogens (tertiary/aromatic N) is 1. The highest BCUT2D eigenvalue weighted by atomic mass is 16.4. The number of benzene rings is 2. The summed E-state index contributed by atoms with van der Waals surface area (Å²) in [5, 5.41) is 26.0. The monoisotopic (exact) mass is 616 g/mol. The maximum Gasteiger partial charge on any atom is 0.326 e. The van der Waals surface area contributed by atoms with Gasteiger partial charge in [-0.1, -0.05) is 36.4 Å². The molecule has 8 N–H and O–H groups in total. The molecule has 2 aromatic heterocycles. The number of H-pyrrole nitrogens is 2. The van der Waals surface area contributed by atoms with E-state index in [1.54, 1.807) is 12.4 Å². The van der Waals surface area contributed by atoms with Crippen molar-refractivity contribution in [2.45, 2.75) is 62.7 Å². The van der Waals surface area contributed by atoms with Gasteiger partial charge in [-0.15, -0.1) is 0 Å². The fourth-order valence-corrected chi connectivity index (χ4v) is 5.92. The molecule has 0 saturated carbocycles. The number of rotatable bonds is 13. The van der Waals surface area contributed by atoms with Crippen molar-refractivity contribution < 1.29 is 34.2 Å². The Hall–Kier alpha value is -5.17. The van der Waals surface area contributed by atoms with Gasteiger partial charge < -0.3 is 41.4 Å². The highest BCUT2D eigenvalue weighted by Gasteiger charge is 2.38. The molecule has 236 valence electrons. The van der Waals surface area contributed by atoms with E-state index >= 15 is 0 Å². The number of carboxylic acid groups (broad SMARTS) is 2. The Kier molecular flexibility index (Phi) is 9.48. The molecule has 1 saturated heterocycles. The minimum absolute atomic E-state index is 0.0443. The second-order valence-electron chi connectivity index (χ2n) is 11.3. The van der Waals surface area contributed by atoms with Crippen LogP contribution in [0.4, 0.5) is 0 Å². The van der Waals surface area contributed by atoms with Crippen LogP contribution in [0.15, 0.2) is 60.9 Å². The number of hydrogen-bond donors (Lipinski definition) is 7. The molecule has 13 nitrogen and oxygen atoms in total. The third-order valence-corrected chi connectivity index (χ3v) is 8.27. The van der Waals surface area contributed by atoms with Crippen LogP contribution >= 0.6 is 0 Å². The van der Waals surface area contributed by atoms with Crippen molar-refractivity contribution in [1.29, 1.82) is 0 Å². The summed E-state index contributed by atoms with van der Waals surface area (Å²) in [6.07, 6.45) is 3.80. The average molecular weight is 617 g/mol. The molecule has 0 spiro atoms. The fourth-order valence-electron chi connectivity index (χ4n) is 5.92. The fraction of sp³-hybridized carbons (Fsp3) is 0.344. The summed E-state index contributed by atoms with van der Waals surface area (Å²) < 4.78 is 0. The van der Waals surface area contributed by atoms with Gasteiger partial charge >= 0.3 is 11.9 Å². The van der Waals surface area contributed by atoms with Gasteiger partial charge in [0, 0.05) is 53.6 Å². The van der Waals surface area contributed by atoms with E-state index in [2.05, 4.69) is 20.6 Å². The smallest absolute Gasteiger partial charge is 0.326 e. The lowest BCUT2D eigenvalue weighted by molar-refractivity contribution is -0.150. The van der Waals surface area contributed by atoms with Crippen LogP contribution in [0, 0.1) is 0 Å². The number of carboxylic acids is 2. The van der Waals surface area contributed by atoms with Crippen molar-refractivity contribution in [3.05, 3.63) is 72.1 Å². The maximum absolute atomic E-state index is 13.8. The van der Waals surface area contributed by atoms with E-state index < -0.39 is 60.2 Å². The van der Waals surface area contributed by atoms with Crippen LogP contribution in [0.2, 0.25) is 0 Å².